The van der Waals surface area contributed by atoms with Gasteiger partial charge in [0.15, 0.2) is 0 Å². The summed E-state index contributed by atoms with van der Waals surface area (Å²) in [5, 5.41) is 4.00. The van der Waals surface area contributed by atoms with Crippen LogP contribution in [0.3, 0.4) is 0 Å². The highest BCUT2D eigenvalue weighted by molar-refractivity contribution is 7.99. The summed E-state index contributed by atoms with van der Waals surface area (Å²) in [4.78, 5) is 33.1. The Morgan fingerprint density at radius 1 is 1.39 bits per heavy atom. The maximum absolute atomic E-state index is 13.1. The first-order chi connectivity index (χ1) is 13.5. The van der Waals surface area contributed by atoms with Crippen LogP contribution in [0.4, 0.5) is 0 Å². The number of carbonyl (C=O) groups excluding carboxylic acids is 2. The molecule has 1 aliphatic rings. The molecular formula is C21H30N4O2S. The van der Waals surface area contributed by atoms with E-state index < -0.39 is 6.04 Å². The molecule has 0 bridgehead atoms. The summed E-state index contributed by atoms with van der Waals surface area (Å²) in [5.41, 5.74) is 1.56. The van der Waals surface area contributed by atoms with Gasteiger partial charge in [0.05, 0.1) is 11.4 Å². The van der Waals surface area contributed by atoms with E-state index in [-0.39, 0.29) is 17.9 Å². The van der Waals surface area contributed by atoms with Gasteiger partial charge in [-0.15, -0.1) is 11.8 Å². The van der Waals surface area contributed by atoms with Crippen molar-refractivity contribution in [2.24, 2.45) is 0 Å². The maximum atomic E-state index is 13.1. The molecule has 28 heavy (non-hydrogen) atoms. The van der Waals surface area contributed by atoms with Gasteiger partial charge in [0, 0.05) is 35.4 Å². The highest BCUT2D eigenvalue weighted by atomic mass is 32.2. The predicted molar refractivity (Wildman–Crippen MR) is 116 cm³/mol. The molecule has 2 unspecified atom stereocenters. The third-order valence-electron chi connectivity index (χ3n) is 5.13. The van der Waals surface area contributed by atoms with Crippen molar-refractivity contribution in [3.05, 3.63) is 36.0 Å². The van der Waals surface area contributed by atoms with Crippen LogP contribution in [0.1, 0.15) is 37.0 Å². The lowest BCUT2D eigenvalue weighted by Gasteiger charge is -2.26. The van der Waals surface area contributed by atoms with Gasteiger partial charge in [-0.1, -0.05) is 31.5 Å². The molecule has 2 amide bonds. The molecular weight excluding hydrogens is 372 g/mol. The van der Waals surface area contributed by atoms with Crippen LogP contribution in [0.15, 0.2) is 30.5 Å². The van der Waals surface area contributed by atoms with Crippen molar-refractivity contribution in [1.82, 2.24) is 20.1 Å². The number of hydrogen-bond donors (Lipinski definition) is 2. The lowest BCUT2D eigenvalue weighted by atomic mass is 10.1. The number of aromatic nitrogens is 1. The Morgan fingerprint density at radius 3 is 2.96 bits per heavy atom. The molecule has 2 N–H and O–H groups in total. The SMILES string of the molecule is CCCCN(C)CC(C)NC(=O)C1CSCN1C(=O)c1c[nH]c2ccccc12. The second kappa shape index (κ2) is 9.47. The van der Waals surface area contributed by atoms with E-state index >= 15 is 0 Å². The number of amides is 2. The zero-order valence-electron chi connectivity index (χ0n) is 16.9. The molecule has 0 spiro atoms. The molecule has 2 atom stereocenters. The van der Waals surface area contributed by atoms with Crippen molar-refractivity contribution in [3.63, 3.8) is 0 Å². The van der Waals surface area contributed by atoms with Crippen molar-refractivity contribution in [3.8, 4) is 0 Å². The fourth-order valence-corrected chi connectivity index (χ4v) is 4.79. The van der Waals surface area contributed by atoms with Gasteiger partial charge in [0.1, 0.15) is 6.04 Å². The number of carbonyl (C=O) groups is 2. The van der Waals surface area contributed by atoms with Gasteiger partial charge in [-0.2, -0.15) is 0 Å². The Labute approximate surface area is 171 Å². The van der Waals surface area contributed by atoms with E-state index in [2.05, 4.69) is 29.2 Å². The molecule has 2 heterocycles. The second-order valence-corrected chi connectivity index (χ2v) is 8.56. The summed E-state index contributed by atoms with van der Waals surface area (Å²) in [6, 6.07) is 7.37. The van der Waals surface area contributed by atoms with Crippen LogP contribution < -0.4 is 5.32 Å². The number of nitrogens with one attached hydrogen (secondary N) is 2. The molecule has 6 nitrogen and oxygen atoms in total. The minimum atomic E-state index is -0.422. The zero-order valence-corrected chi connectivity index (χ0v) is 17.7. The van der Waals surface area contributed by atoms with Crippen LogP contribution in [0, 0.1) is 0 Å². The van der Waals surface area contributed by atoms with Gasteiger partial charge in [0.25, 0.3) is 5.91 Å². The van der Waals surface area contributed by atoms with Gasteiger partial charge in [0.2, 0.25) is 5.91 Å². The van der Waals surface area contributed by atoms with E-state index in [0.29, 0.717) is 17.2 Å². The summed E-state index contributed by atoms with van der Waals surface area (Å²) in [6.07, 6.45) is 4.06. The van der Waals surface area contributed by atoms with E-state index in [1.54, 1.807) is 22.9 Å². The van der Waals surface area contributed by atoms with E-state index in [4.69, 9.17) is 0 Å². The van der Waals surface area contributed by atoms with Gasteiger partial charge in [-0.25, -0.2) is 0 Å². The average Bonchev–Trinajstić information content (AvgIpc) is 3.32. The van der Waals surface area contributed by atoms with Crippen molar-refractivity contribution < 1.29 is 9.59 Å². The van der Waals surface area contributed by atoms with Crippen LogP contribution in [0.25, 0.3) is 10.9 Å². The summed E-state index contributed by atoms with van der Waals surface area (Å²) in [7, 11) is 2.08. The molecule has 0 aliphatic carbocycles. The number of hydrogen-bond acceptors (Lipinski definition) is 4. The molecule has 152 valence electrons. The molecule has 7 heteroatoms. The molecule has 1 aliphatic heterocycles. The quantitative estimate of drug-likeness (QED) is 0.712. The third kappa shape index (κ3) is 4.70. The first kappa shape index (κ1) is 20.7. The maximum Gasteiger partial charge on any atom is 0.257 e. The summed E-state index contributed by atoms with van der Waals surface area (Å²) in [6.45, 7) is 6.04. The minimum absolute atomic E-state index is 0.0463. The number of aromatic amines is 1. The number of fused-ring (bicyclic) bond motifs is 1. The molecule has 2 aromatic rings. The van der Waals surface area contributed by atoms with Crippen molar-refractivity contribution in [1.29, 1.82) is 0 Å². The lowest BCUT2D eigenvalue weighted by Crippen LogP contribution is -2.51. The lowest BCUT2D eigenvalue weighted by molar-refractivity contribution is -0.125. The number of para-hydroxylation sites is 1. The van der Waals surface area contributed by atoms with E-state index in [1.165, 1.54) is 0 Å². The Kier molecular flexibility index (Phi) is 7.02. The third-order valence-corrected chi connectivity index (χ3v) is 6.15. The van der Waals surface area contributed by atoms with E-state index in [0.717, 1.165) is 36.8 Å². The van der Waals surface area contributed by atoms with Crippen molar-refractivity contribution in [2.45, 2.75) is 38.8 Å². The molecule has 1 saturated heterocycles. The van der Waals surface area contributed by atoms with Crippen LogP contribution in [0.5, 0.6) is 0 Å². The Hall–Kier alpha value is -1.99. The number of H-pyrrole nitrogens is 1. The number of nitrogens with zero attached hydrogens (tertiary/aromatic N) is 2. The average molecular weight is 403 g/mol. The van der Waals surface area contributed by atoms with Crippen molar-refractivity contribution >= 4 is 34.5 Å². The predicted octanol–water partition coefficient (Wildman–Crippen LogP) is 2.92. The summed E-state index contributed by atoms with van der Waals surface area (Å²) < 4.78 is 0. The van der Waals surface area contributed by atoms with E-state index in [9.17, 15) is 9.59 Å². The van der Waals surface area contributed by atoms with Crippen LogP contribution in [0.2, 0.25) is 0 Å². The molecule has 0 radical (unpaired) electrons. The van der Waals surface area contributed by atoms with Crippen molar-refractivity contribution in [2.75, 3.05) is 31.8 Å². The normalized spacial score (nSPS) is 18.0. The van der Waals surface area contributed by atoms with E-state index in [1.807, 2.05) is 31.2 Å². The highest BCUT2D eigenvalue weighted by Crippen LogP contribution is 2.26. The molecule has 1 aromatic carbocycles. The fourth-order valence-electron chi connectivity index (χ4n) is 3.63. The topological polar surface area (TPSA) is 68.4 Å². The minimum Gasteiger partial charge on any atom is -0.360 e. The highest BCUT2D eigenvalue weighted by Gasteiger charge is 2.36. The fraction of sp³-hybridized carbons (Fsp3) is 0.524. The molecule has 1 fully saturated rings. The number of unbranched alkanes of at least 4 members (excludes halogenated alkanes) is 1. The second-order valence-electron chi connectivity index (χ2n) is 7.56. The zero-order chi connectivity index (χ0) is 20.1. The van der Waals surface area contributed by atoms with Gasteiger partial charge >= 0.3 is 0 Å². The largest absolute Gasteiger partial charge is 0.360 e. The van der Waals surface area contributed by atoms with Gasteiger partial charge in [-0.3, -0.25) is 9.59 Å². The first-order valence-electron chi connectivity index (χ1n) is 9.95. The van der Waals surface area contributed by atoms with Crippen LogP contribution >= 0.6 is 11.8 Å². The Bertz CT molecular complexity index is 822. The standard InChI is InChI=1S/C21H30N4O2S/c1-4-5-10-24(3)12-15(2)23-20(26)19-13-28-14-25(19)21(27)17-11-22-18-9-7-6-8-16(17)18/h6-9,11,15,19,22H,4-5,10,12-14H2,1-3H3,(H,23,26). The van der Waals surface area contributed by atoms with Gasteiger partial charge in [-0.05, 0) is 33.0 Å². The molecule has 1 aromatic heterocycles. The Morgan fingerprint density at radius 2 is 2.18 bits per heavy atom. The van der Waals surface area contributed by atoms with Gasteiger partial charge < -0.3 is 20.1 Å². The molecule has 3 rings (SSSR count). The Balaban J connectivity index is 1.63. The van der Waals surface area contributed by atoms with Crippen LogP contribution in [-0.4, -0.2) is 70.4 Å². The summed E-state index contributed by atoms with van der Waals surface area (Å²) >= 11 is 1.63. The number of rotatable bonds is 8. The summed E-state index contributed by atoms with van der Waals surface area (Å²) in [5.74, 6) is 1.03. The first-order valence-corrected chi connectivity index (χ1v) is 11.1. The molecule has 0 saturated carbocycles. The number of thioether (sulfide) groups is 1. The van der Waals surface area contributed by atoms with Crippen LogP contribution in [-0.2, 0) is 4.79 Å². The monoisotopic (exact) mass is 402 g/mol. The number of likely N-dealkylation sites (N-methyl/N-ethyl adjacent to an activating group) is 1. The smallest absolute Gasteiger partial charge is 0.257 e. The number of benzene rings is 1.